The first kappa shape index (κ1) is 13.8. The molecule has 1 saturated carbocycles. The molecule has 1 N–H and O–H groups in total. The number of fused-ring (bicyclic) bond motifs is 2. The van der Waals surface area contributed by atoms with E-state index in [4.69, 9.17) is 9.47 Å². The quantitative estimate of drug-likeness (QED) is 0.796. The molecule has 4 nitrogen and oxygen atoms in total. The Morgan fingerprint density at radius 3 is 2.79 bits per heavy atom. The fraction of sp³-hybridized carbons (Fsp3) is 0.250. The maximum absolute atomic E-state index is 5.52. The lowest BCUT2D eigenvalue weighted by Gasteiger charge is -2.19. The van der Waals surface area contributed by atoms with Gasteiger partial charge in [0.15, 0.2) is 11.5 Å². The summed E-state index contributed by atoms with van der Waals surface area (Å²) in [6.45, 7) is 1.13. The number of aromatic nitrogens is 1. The number of ether oxygens (including phenoxy) is 2. The van der Waals surface area contributed by atoms with Crippen LogP contribution in [0.5, 0.6) is 11.5 Å². The zero-order valence-electron chi connectivity index (χ0n) is 13.3. The largest absolute Gasteiger partial charge is 0.454 e. The molecule has 120 valence electrons. The topological polar surface area (TPSA) is 43.4 Å². The number of nitrogens with one attached hydrogen (secondary N) is 1. The van der Waals surface area contributed by atoms with Gasteiger partial charge in [-0.3, -0.25) is 4.98 Å². The van der Waals surface area contributed by atoms with Crippen LogP contribution in [0.25, 0.3) is 10.9 Å². The number of nitrogens with zero attached hydrogens (tertiary/aromatic N) is 1. The van der Waals surface area contributed by atoms with Gasteiger partial charge in [0.25, 0.3) is 0 Å². The molecule has 1 aliphatic carbocycles. The zero-order chi connectivity index (χ0) is 16.0. The molecule has 0 radical (unpaired) electrons. The molecular weight excluding hydrogens is 300 g/mol. The van der Waals surface area contributed by atoms with Crippen molar-refractivity contribution in [2.24, 2.45) is 0 Å². The summed E-state index contributed by atoms with van der Waals surface area (Å²) in [7, 11) is 0. The number of para-hydroxylation sites is 1. The maximum atomic E-state index is 5.52. The minimum Gasteiger partial charge on any atom is -0.454 e. The molecule has 3 aromatic rings. The van der Waals surface area contributed by atoms with E-state index in [1.54, 1.807) is 0 Å². The van der Waals surface area contributed by atoms with Crippen molar-refractivity contribution in [3.63, 3.8) is 0 Å². The second-order valence-corrected chi connectivity index (χ2v) is 6.50. The monoisotopic (exact) mass is 318 g/mol. The zero-order valence-corrected chi connectivity index (χ0v) is 13.3. The molecule has 0 atom stereocenters. The Hall–Kier alpha value is -2.59. The van der Waals surface area contributed by atoms with Crippen molar-refractivity contribution in [3.8, 4) is 11.5 Å². The predicted octanol–water partition coefficient (Wildman–Crippen LogP) is 3.74. The molecule has 0 amide bonds. The van der Waals surface area contributed by atoms with E-state index in [2.05, 4.69) is 46.7 Å². The van der Waals surface area contributed by atoms with Crippen molar-refractivity contribution in [3.05, 3.63) is 65.9 Å². The molecule has 24 heavy (non-hydrogen) atoms. The number of hydrogen-bond acceptors (Lipinski definition) is 4. The van der Waals surface area contributed by atoms with E-state index in [-0.39, 0.29) is 5.54 Å². The molecule has 1 aromatic heterocycles. The standard InChI is InChI=1S/C20H18N2O2/c1-3-14-5-2-10-21-19(14)15(4-1)12-22-20(8-9-20)16-6-7-17-18(11-16)24-13-23-17/h1-7,10-11,22H,8-9,12-13H2. The van der Waals surface area contributed by atoms with Gasteiger partial charge in [-0.1, -0.05) is 30.3 Å². The molecule has 2 aliphatic rings. The van der Waals surface area contributed by atoms with Crippen LogP contribution in [0.4, 0.5) is 0 Å². The van der Waals surface area contributed by atoms with Gasteiger partial charge in [-0.25, -0.2) is 0 Å². The molecule has 5 rings (SSSR count). The Balaban J connectivity index is 1.41. The highest BCUT2D eigenvalue weighted by Gasteiger charge is 2.44. The van der Waals surface area contributed by atoms with Gasteiger partial charge in [0.05, 0.1) is 5.52 Å². The Morgan fingerprint density at radius 2 is 1.88 bits per heavy atom. The van der Waals surface area contributed by atoms with E-state index in [1.807, 2.05) is 18.3 Å². The summed E-state index contributed by atoms with van der Waals surface area (Å²) in [4.78, 5) is 4.55. The minimum atomic E-state index is 0.0535. The first-order valence-electron chi connectivity index (χ1n) is 8.32. The first-order valence-corrected chi connectivity index (χ1v) is 8.32. The van der Waals surface area contributed by atoms with Gasteiger partial charge in [-0.05, 0) is 42.2 Å². The molecule has 0 saturated heterocycles. The van der Waals surface area contributed by atoms with Gasteiger partial charge in [-0.15, -0.1) is 0 Å². The third kappa shape index (κ3) is 2.22. The summed E-state index contributed by atoms with van der Waals surface area (Å²) in [6.07, 6.45) is 4.15. The van der Waals surface area contributed by atoms with E-state index in [0.29, 0.717) is 6.79 Å². The third-order valence-corrected chi connectivity index (χ3v) is 5.01. The van der Waals surface area contributed by atoms with Crippen molar-refractivity contribution < 1.29 is 9.47 Å². The summed E-state index contributed by atoms with van der Waals surface area (Å²) in [5.41, 5.74) is 3.65. The maximum Gasteiger partial charge on any atom is 0.231 e. The van der Waals surface area contributed by atoms with Crippen LogP contribution in [0, 0.1) is 0 Å². The normalized spacial score (nSPS) is 17.2. The molecule has 0 spiro atoms. The molecule has 1 fully saturated rings. The highest BCUT2D eigenvalue weighted by atomic mass is 16.7. The first-order chi connectivity index (χ1) is 11.8. The van der Waals surface area contributed by atoms with Crippen LogP contribution in [0.1, 0.15) is 24.0 Å². The molecule has 4 heteroatoms. The summed E-state index contributed by atoms with van der Waals surface area (Å²) in [5, 5.41) is 4.93. The van der Waals surface area contributed by atoms with Crippen LogP contribution in [0.15, 0.2) is 54.7 Å². The number of hydrogen-bond donors (Lipinski definition) is 1. The van der Waals surface area contributed by atoms with Crippen LogP contribution in [0.3, 0.4) is 0 Å². The molecule has 1 aliphatic heterocycles. The Kier molecular flexibility index (Phi) is 3.00. The van der Waals surface area contributed by atoms with E-state index >= 15 is 0 Å². The molecule has 2 heterocycles. The molecule has 0 unspecified atom stereocenters. The fourth-order valence-electron chi connectivity index (χ4n) is 3.46. The SMILES string of the molecule is c1cnc2c(CNC3(c4ccc5c(c4)OCO5)CC3)cccc2c1. The Morgan fingerprint density at radius 1 is 1.00 bits per heavy atom. The summed E-state index contributed by atoms with van der Waals surface area (Å²) >= 11 is 0. The van der Waals surface area contributed by atoms with Gasteiger partial charge in [-0.2, -0.15) is 0 Å². The van der Waals surface area contributed by atoms with E-state index in [1.165, 1.54) is 16.5 Å². The Labute approximate surface area is 140 Å². The average Bonchev–Trinajstić information content (AvgIpc) is 3.28. The number of pyridine rings is 1. The van der Waals surface area contributed by atoms with Gasteiger partial charge in [0.1, 0.15) is 0 Å². The summed E-state index contributed by atoms with van der Waals surface area (Å²) in [5.74, 6) is 1.69. The highest BCUT2D eigenvalue weighted by Crippen LogP contribution is 2.48. The lowest BCUT2D eigenvalue weighted by molar-refractivity contribution is 0.174. The summed E-state index contributed by atoms with van der Waals surface area (Å²) < 4.78 is 10.9. The number of rotatable bonds is 4. The van der Waals surface area contributed by atoms with Crippen molar-refractivity contribution in [1.29, 1.82) is 0 Å². The van der Waals surface area contributed by atoms with Gasteiger partial charge in [0.2, 0.25) is 6.79 Å². The van der Waals surface area contributed by atoms with Crippen LogP contribution in [-0.4, -0.2) is 11.8 Å². The van der Waals surface area contributed by atoms with Gasteiger partial charge in [0, 0.05) is 23.7 Å². The molecular formula is C20H18N2O2. The van der Waals surface area contributed by atoms with Crippen molar-refractivity contribution in [1.82, 2.24) is 10.3 Å². The van der Waals surface area contributed by atoms with Crippen LogP contribution < -0.4 is 14.8 Å². The van der Waals surface area contributed by atoms with Crippen LogP contribution in [-0.2, 0) is 12.1 Å². The van der Waals surface area contributed by atoms with Crippen molar-refractivity contribution >= 4 is 10.9 Å². The second kappa shape index (κ2) is 5.21. The second-order valence-electron chi connectivity index (χ2n) is 6.50. The van der Waals surface area contributed by atoms with Gasteiger partial charge >= 0.3 is 0 Å². The van der Waals surface area contributed by atoms with Crippen LogP contribution in [0.2, 0.25) is 0 Å². The fourth-order valence-corrected chi connectivity index (χ4v) is 3.46. The predicted molar refractivity (Wildman–Crippen MR) is 92.1 cm³/mol. The smallest absolute Gasteiger partial charge is 0.231 e. The molecule has 2 aromatic carbocycles. The van der Waals surface area contributed by atoms with Crippen LogP contribution >= 0.6 is 0 Å². The van der Waals surface area contributed by atoms with Crippen molar-refractivity contribution in [2.45, 2.75) is 24.9 Å². The summed E-state index contributed by atoms with van der Waals surface area (Å²) in [6, 6.07) is 16.7. The van der Waals surface area contributed by atoms with E-state index in [0.717, 1.165) is 36.4 Å². The Bertz CT molecular complexity index is 913. The van der Waals surface area contributed by atoms with E-state index in [9.17, 15) is 0 Å². The lowest BCUT2D eigenvalue weighted by atomic mass is 10.0. The minimum absolute atomic E-state index is 0.0535. The third-order valence-electron chi connectivity index (χ3n) is 5.01. The van der Waals surface area contributed by atoms with Gasteiger partial charge < -0.3 is 14.8 Å². The van der Waals surface area contributed by atoms with Crippen molar-refractivity contribution in [2.75, 3.05) is 6.79 Å². The van der Waals surface area contributed by atoms with E-state index < -0.39 is 0 Å². The lowest BCUT2D eigenvalue weighted by Crippen LogP contribution is -2.28. The average molecular weight is 318 g/mol. The number of benzene rings is 2. The highest BCUT2D eigenvalue weighted by molar-refractivity contribution is 5.81. The molecule has 0 bridgehead atoms.